The number of aryl methyl sites for hydroxylation is 1. The predicted molar refractivity (Wildman–Crippen MR) is 105 cm³/mol. The first-order valence-corrected chi connectivity index (χ1v) is 10.5. The molecule has 0 unspecified atom stereocenters. The molecule has 0 saturated heterocycles. The molecule has 6 nitrogen and oxygen atoms in total. The summed E-state index contributed by atoms with van der Waals surface area (Å²) < 4.78 is 33.4. The van der Waals surface area contributed by atoms with E-state index in [1.807, 2.05) is 19.1 Å². The number of carbonyl (C=O) groups excluding carboxylic acids is 1. The number of sulfonamides is 1. The Morgan fingerprint density at radius 3 is 2.37 bits per heavy atom. The van der Waals surface area contributed by atoms with Crippen LogP contribution in [0.15, 0.2) is 47.4 Å². The van der Waals surface area contributed by atoms with Gasteiger partial charge in [-0.3, -0.25) is 4.79 Å². The Labute approximate surface area is 160 Å². The molecule has 0 aliphatic heterocycles. The minimum Gasteiger partial charge on any atom is -0.495 e. The molecular formula is C20H24N2O4S. The second-order valence-corrected chi connectivity index (χ2v) is 8.50. The second kappa shape index (κ2) is 8.10. The maximum atomic E-state index is 12.7. The van der Waals surface area contributed by atoms with Gasteiger partial charge in [0.25, 0.3) is 5.91 Å². The number of hydrogen-bond acceptors (Lipinski definition) is 4. The molecule has 1 aliphatic rings. The van der Waals surface area contributed by atoms with E-state index >= 15 is 0 Å². The van der Waals surface area contributed by atoms with Gasteiger partial charge in [0.1, 0.15) is 5.75 Å². The Morgan fingerprint density at radius 1 is 1.07 bits per heavy atom. The van der Waals surface area contributed by atoms with Gasteiger partial charge in [-0.1, -0.05) is 30.5 Å². The van der Waals surface area contributed by atoms with E-state index in [1.165, 1.54) is 19.2 Å². The lowest BCUT2D eigenvalue weighted by atomic mass is 10.1. The Morgan fingerprint density at radius 2 is 1.74 bits per heavy atom. The molecule has 1 amide bonds. The first kappa shape index (κ1) is 19.4. The van der Waals surface area contributed by atoms with Crippen LogP contribution in [0.2, 0.25) is 0 Å². The van der Waals surface area contributed by atoms with Gasteiger partial charge in [0.15, 0.2) is 0 Å². The molecule has 7 heteroatoms. The molecule has 0 spiro atoms. The van der Waals surface area contributed by atoms with Crippen LogP contribution in [-0.4, -0.2) is 27.5 Å². The molecule has 0 atom stereocenters. The second-order valence-electron chi connectivity index (χ2n) is 6.78. The van der Waals surface area contributed by atoms with E-state index < -0.39 is 10.0 Å². The number of nitrogens with one attached hydrogen (secondary N) is 2. The number of amides is 1. The highest BCUT2D eigenvalue weighted by atomic mass is 32.2. The van der Waals surface area contributed by atoms with Crippen LogP contribution < -0.4 is 14.8 Å². The number of benzene rings is 2. The zero-order valence-corrected chi connectivity index (χ0v) is 16.3. The molecule has 1 saturated carbocycles. The van der Waals surface area contributed by atoms with Gasteiger partial charge in [-0.15, -0.1) is 0 Å². The van der Waals surface area contributed by atoms with Crippen molar-refractivity contribution in [2.24, 2.45) is 0 Å². The summed E-state index contributed by atoms with van der Waals surface area (Å²) in [7, 11) is -2.18. The lowest BCUT2D eigenvalue weighted by molar-refractivity contribution is 0.102. The fourth-order valence-electron chi connectivity index (χ4n) is 3.18. The minimum atomic E-state index is -3.65. The summed E-state index contributed by atoms with van der Waals surface area (Å²) in [5.41, 5.74) is 1.85. The van der Waals surface area contributed by atoms with E-state index in [1.54, 1.807) is 18.2 Å². The quantitative estimate of drug-likeness (QED) is 0.793. The molecule has 0 bridgehead atoms. The third-order valence-corrected chi connectivity index (χ3v) is 6.24. The molecule has 1 aliphatic carbocycles. The zero-order valence-electron chi connectivity index (χ0n) is 15.5. The monoisotopic (exact) mass is 388 g/mol. The SMILES string of the molecule is COc1ccc(S(=O)(=O)NC2CCCC2)cc1NC(=O)c1ccc(C)cc1. The van der Waals surface area contributed by atoms with Crippen molar-refractivity contribution < 1.29 is 17.9 Å². The summed E-state index contributed by atoms with van der Waals surface area (Å²) in [5, 5.41) is 2.75. The molecule has 0 radical (unpaired) electrons. The first-order valence-electron chi connectivity index (χ1n) is 8.97. The van der Waals surface area contributed by atoms with Crippen molar-refractivity contribution >= 4 is 21.6 Å². The summed E-state index contributed by atoms with van der Waals surface area (Å²) >= 11 is 0. The van der Waals surface area contributed by atoms with Crippen molar-refractivity contribution in [1.29, 1.82) is 0 Å². The van der Waals surface area contributed by atoms with Crippen molar-refractivity contribution in [3.63, 3.8) is 0 Å². The third-order valence-electron chi connectivity index (χ3n) is 4.72. The van der Waals surface area contributed by atoms with Crippen molar-refractivity contribution in [2.45, 2.75) is 43.5 Å². The van der Waals surface area contributed by atoms with E-state index in [4.69, 9.17) is 4.74 Å². The van der Waals surface area contributed by atoms with Crippen molar-refractivity contribution in [3.05, 3.63) is 53.6 Å². The summed E-state index contributed by atoms with van der Waals surface area (Å²) in [6, 6.07) is 11.6. The number of anilines is 1. The van der Waals surface area contributed by atoms with E-state index in [0.29, 0.717) is 17.0 Å². The topological polar surface area (TPSA) is 84.5 Å². The van der Waals surface area contributed by atoms with Gasteiger partial charge in [0, 0.05) is 11.6 Å². The molecule has 27 heavy (non-hydrogen) atoms. The van der Waals surface area contributed by atoms with Gasteiger partial charge in [-0.25, -0.2) is 13.1 Å². The molecule has 2 aromatic carbocycles. The molecule has 1 fully saturated rings. The maximum Gasteiger partial charge on any atom is 0.255 e. The fraction of sp³-hybridized carbons (Fsp3) is 0.350. The number of methoxy groups -OCH3 is 1. The Bertz CT molecular complexity index is 917. The van der Waals surface area contributed by atoms with Gasteiger partial charge < -0.3 is 10.1 Å². The zero-order chi connectivity index (χ0) is 19.4. The van der Waals surface area contributed by atoms with Gasteiger partial charge in [0.05, 0.1) is 17.7 Å². The van der Waals surface area contributed by atoms with Gasteiger partial charge in [-0.2, -0.15) is 0 Å². The molecule has 3 rings (SSSR count). The van der Waals surface area contributed by atoms with Gasteiger partial charge in [-0.05, 0) is 50.1 Å². The van der Waals surface area contributed by atoms with E-state index in [-0.39, 0.29) is 16.8 Å². The summed E-state index contributed by atoms with van der Waals surface area (Å²) in [6.07, 6.45) is 3.78. The number of carbonyl (C=O) groups is 1. The maximum absolute atomic E-state index is 12.7. The Kier molecular flexibility index (Phi) is 5.82. The van der Waals surface area contributed by atoms with E-state index in [0.717, 1.165) is 31.2 Å². The highest BCUT2D eigenvalue weighted by molar-refractivity contribution is 7.89. The van der Waals surface area contributed by atoms with Crippen molar-refractivity contribution in [1.82, 2.24) is 4.72 Å². The third kappa shape index (κ3) is 4.67. The smallest absolute Gasteiger partial charge is 0.255 e. The van der Waals surface area contributed by atoms with Crippen LogP contribution in [-0.2, 0) is 10.0 Å². The molecule has 2 N–H and O–H groups in total. The van der Waals surface area contributed by atoms with E-state index in [9.17, 15) is 13.2 Å². The first-order chi connectivity index (χ1) is 12.9. The molecule has 0 heterocycles. The summed E-state index contributed by atoms with van der Waals surface area (Å²) in [4.78, 5) is 12.6. The highest BCUT2D eigenvalue weighted by Gasteiger charge is 2.24. The molecular weight excluding hydrogens is 364 g/mol. The number of rotatable bonds is 6. The van der Waals surface area contributed by atoms with E-state index in [2.05, 4.69) is 10.0 Å². The molecule has 2 aromatic rings. The highest BCUT2D eigenvalue weighted by Crippen LogP contribution is 2.29. The number of hydrogen-bond donors (Lipinski definition) is 2. The lowest BCUT2D eigenvalue weighted by Gasteiger charge is -2.15. The van der Waals surface area contributed by atoms with Crippen molar-refractivity contribution in [2.75, 3.05) is 12.4 Å². The average molecular weight is 388 g/mol. The molecule has 144 valence electrons. The molecule has 0 aromatic heterocycles. The van der Waals surface area contributed by atoms with Crippen LogP contribution >= 0.6 is 0 Å². The standard InChI is InChI=1S/C20H24N2O4S/c1-14-7-9-15(10-8-14)20(23)21-18-13-17(11-12-19(18)26-2)27(24,25)22-16-5-3-4-6-16/h7-13,16,22H,3-6H2,1-2H3,(H,21,23). The Hall–Kier alpha value is -2.38. The van der Waals surface area contributed by atoms with Crippen molar-refractivity contribution in [3.8, 4) is 5.75 Å². The normalized spacial score (nSPS) is 14.9. The Balaban J connectivity index is 1.84. The largest absolute Gasteiger partial charge is 0.495 e. The summed E-state index contributed by atoms with van der Waals surface area (Å²) in [6.45, 7) is 1.94. The van der Waals surface area contributed by atoms with Gasteiger partial charge >= 0.3 is 0 Å². The fourth-order valence-corrected chi connectivity index (χ4v) is 4.51. The average Bonchev–Trinajstić information content (AvgIpc) is 3.14. The summed E-state index contributed by atoms with van der Waals surface area (Å²) in [5.74, 6) is 0.0712. The minimum absolute atomic E-state index is 0.0253. The van der Waals surface area contributed by atoms with Crippen LogP contribution in [0.5, 0.6) is 5.75 Å². The number of ether oxygens (including phenoxy) is 1. The lowest BCUT2D eigenvalue weighted by Crippen LogP contribution is -2.32. The van der Waals surface area contributed by atoms with Crippen LogP contribution in [0.3, 0.4) is 0 Å². The van der Waals surface area contributed by atoms with Crippen LogP contribution in [0.4, 0.5) is 5.69 Å². The van der Waals surface area contributed by atoms with Gasteiger partial charge in [0.2, 0.25) is 10.0 Å². The van der Waals surface area contributed by atoms with Crippen LogP contribution in [0, 0.1) is 6.92 Å². The predicted octanol–water partition coefficient (Wildman–Crippen LogP) is 3.48. The van der Waals surface area contributed by atoms with Crippen LogP contribution in [0.25, 0.3) is 0 Å². The van der Waals surface area contributed by atoms with Crippen LogP contribution in [0.1, 0.15) is 41.6 Å².